The highest BCUT2D eigenvalue weighted by atomic mass is 16.4. The maximum Gasteiger partial charge on any atom is 0.335 e. The van der Waals surface area contributed by atoms with Gasteiger partial charge >= 0.3 is 5.97 Å². The molecule has 2 rings (SSSR count). The summed E-state index contributed by atoms with van der Waals surface area (Å²) in [5, 5.41) is 28.2. The number of aliphatic hydroxyl groups excluding tert-OH is 2. The summed E-state index contributed by atoms with van der Waals surface area (Å²) in [5.41, 5.74) is 1.24. The first-order valence-corrected chi connectivity index (χ1v) is 9.53. The van der Waals surface area contributed by atoms with Gasteiger partial charge in [-0.1, -0.05) is 24.3 Å². The van der Waals surface area contributed by atoms with Crippen molar-refractivity contribution in [2.45, 2.75) is 63.7 Å². The van der Waals surface area contributed by atoms with Gasteiger partial charge in [0.1, 0.15) is 0 Å². The predicted octanol–water partition coefficient (Wildman–Crippen LogP) is 2.39. The third-order valence-corrected chi connectivity index (χ3v) is 4.89. The van der Waals surface area contributed by atoms with Crippen LogP contribution in [0.4, 0.5) is 0 Å². The lowest BCUT2D eigenvalue weighted by Gasteiger charge is -2.23. The van der Waals surface area contributed by atoms with E-state index >= 15 is 0 Å². The first-order chi connectivity index (χ1) is 12.9. The Hall–Kier alpha value is -2.18. The highest BCUT2D eigenvalue weighted by Gasteiger charge is 2.28. The second-order valence-corrected chi connectivity index (χ2v) is 7.18. The highest BCUT2D eigenvalue weighted by molar-refractivity contribution is 5.87. The van der Waals surface area contributed by atoms with E-state index in [1.807, 2.05) is 11.0 Å². The summed E-state index contributed by atoms with van der Waals surface area (Å²) in [5.74, 6) is -0.844. The van der Waals surface area contributed by atoms with E-state index in [0.717, 1.165) is 18.4 Å². The van der Waals surface area contributed by atoms with Gasteiger partial charge in [-0.05, 0) is 56.7 Å². The monoisotopic (exact) mass is 375 g/mol. The molecule has 6 heteroatoms. The molecule has 0 aromatic heterocycles. The van der Waals surface area contributed by atoms with E-state index in [9.17, 15) is 19.8 Å². The van der Waals surface area contributed by atoms with Crippen LogP contribution in [0.2, 0.25) is 0 Å². The maximum atomic E-state index is 12.2. The summed E-state index contributed by atoms with van der Waals surface area (Å²) >= 11 is 0. The Bertz CT molecular complexity index is 653. The number of likely N-dealkylation sites (tertiary alicyclic amines) is 1. The number of carboxylic acids is 1. The minimum absolute atomic E-state index is 0.0118. The van der Waals surface area contributed by atoms with Crippen molar-refractivity contribution in [1.82, 2.24) is 4.90 Å². The zero-order chi connectivity index (χ0) is 19.8. The van der Waals surface area contributed by atoms with E-state index in [1.165, 1.54) is 0 Å². The average Bonchev–Trinajstić information content (AvgIpc) is 2.98. The summed E-state index contributed by atoms with van der Waals surface area (Å²) < 4.78 is 0. The number of benzene rings is 1. The van der Waals surface area contributed by atoms with Gasteiger partial charge in [0, 0.05) is 13.0 Å². The van der Waals surface area contributed by atoms with Crippen molar-refractivity contribution in [3.05, 3.63) is 47.5 Å². The number of nitrogens with zero attached hydrogens (tertiary/aromatic N) is 1. The molecule has 0 spiro atoms. The summed E-state index contributed by atoms with van der Waals surface area (Å²) in [6.45, 7) is 2.30. The van der Waals surface area contributed by atoms with Crippen molar-refractivity contribution in [3.8, 4) is 0 Å². The number of hydrogen-bond acceptors (Lipinski definition) is 4. The summed E-state index contributed by atoms with van der Waals surface area (Å²) in [6.07, 6.45) is 6.66. The van der Waals surface area contributed by atoms with Crippen LogP contribution in [0.15, 0.2) is 36.4 Å². The topological polar surface area (TPSA) is 98.1 Å². The smallest absolute Gasteiger partial charge is 0.335 e. The van der Waals surface area contributed by atoms with Crippen LogP contribution in [0.3, 0.4) is 0 Å². The summed E-state index contributed by atoms with van der Waals surface area (Å²) in [7, 11) is 0. The molecule has 0 radical (unpaired) electrons. The number of hydrogen-bond donors (Lipinski definition) is 3. The first-order valence-electron chi connectivity index (χ1n) is 9.53. The van der Waals surface area contributed by atoms with Gasteiger partial charge in [-0.25, -0.2) is 4.79 Å². The molecular formula is C21H29NO5. The van der Waals surface area contributed by atoms with Gasteiger partial charge in [0.15, 0.2) is 0 Å². The molecule has 0 unspecified atom stereocenters. The molecule has 0 aliphatic carbocycles. The number of carbonyl (C=O) groups excluding carboxylic acids is 1. The van der Waals surface area contributed by atoms with Gasteiger partial charge in [-0.3, -0.25) is 4.79 Å². The molecule has 1 heterocycles. The summed E-state index contributed by atoms with van der Waals surface area (Å²) in [6, 6.07) is 6.69. The third-order valence-electron chi connectivity index (χ3n) is 4.89. The Balaban J connectivity index is 1.86. The lowest BCUT2D eigenvalue weighted by Crippen LogP contribution is -2.33. The van der Waals surface area contributed by atoms with Crippen LogP contribution in [-0.4, -0.2) is 56.9 Å². The molecule has 27 heavy (non-hydrogen) atoms. The number of carbonyl (C=O) groups is 2. The normalized spacial score (nSPS) is 19.6. The van der Waals surface area contributed by atoms with Crippen molar-refractivity contribution >= 4 is 11.9 Å². The van der Waals surface area contributed by atoms with Crippen LogP contribution in [0, 0.1) is 0 Å². The largest absolute Gasteiger partial charge is 0.478 e. The number of amides is 1. The van der Waals surface area contributed by atoms with E-state index in [0.29, 0.717) is 32.2 Å². The number of aromatic carboxylic acids is 1. The molecule has 1 aromatic carbocycles. The lowest BCUT2D eigenvalue weighted by molar-refractivity contribution is -0.128. The van der Waals surface area contributed by atoms with Gasteiger partial charge in [-0.2, -0.15) is 0 Å². The van der Waals surface area contributed by atoms with Crippen molar-refractivity contribution in [1.29, 1.82) is 0 Å². The van der Waals surface area contributed by atoms with Crippen LogP contribution in [0.25, 0.3) is 0 Å². The number of rotatable bonds is 10. The van der Waals surface area contributed by atoms with Crippen molar-refractivity contribution in [3.63, 3.8) is 0 Å². The number of carboxylic acid groups (broad SMARTS) is 1. The van der Waals surface area contributed by atoms with Crippen molar-refractivity contribution < 1.29 is 24.9 Å². The molecular weight excluding hydrogens is 346 g/mol. The molecule has 1 fully saturated rings. The van der Waals surface area contributed by atoms with Crippen LogP contribution in [0.5, 0.6) is 0 Å². The van der Waals surface area contributed by atoms with Crippen LogP contribution in [-0.2, 0) is 11.2 Å². The Labute approximate surface area is 160 Å². The first kappa shape index (κ1) is 21.1. The molecule has 0 bridgehead atoms. The molecule has 3 atom stereocenters. The number of aliphatic hydroxyl groups is 2. The van der Waals surface area contributed by atoms with Gasteiger partial charge in [0.2, 0.25) is 5.91 Å². The zero-order valence-corrected chi connectivity index (χ0v) is 15.8. The van der Waals surface area contributed by atoms with Crippen LogP contribution < -0.4 is 0 Å². The molecule has 1 saturated heterocycles. The third kappa shape index (κ3) is 6.81. The lowest BCUT2D eigenvalue weighted by atomic mass is 10.1. The second kappa shape index (κ2) is 10.2. The molecule has 3 N–H and O–H groups in total. The van der Waals surface area contributed by atoms with E-state index in [1.54, 1.807) is 37.3 Å². The fourth-order valence-electron chi connectivity index (χ4n) is 3.29. The Morgan fingerprint density at radius 3 is 2.59 bits per heavy atom. The van der Waals surface area contributed by atoms with Crippen molar-refractivity contribution in [2.24, 2.45) is 0 Å². The fraction of sp³-hybridized carbons (Fsp3) is 0.524. The minimum atomic E-state index is -0.950. The summed E-state index contributed by atoms with van der Waals surface area (Å²) in [4.78, 5) is 24.9. The van der Waals surface area contributed by atoms with Crippen molar-refractivity contribution in [2.75, 3.05) is 6.54 Å². The van der Waals surface area contributed by atoms with E-state index in [2.05, 4.69) is 0 Å². The molecule has 1 aliphatic heterocycles. The Morgan fingerprint density at radius 2 is 1.96 bits per heavy atom. The van der Waals surface area contributed by atoms with Gasteiger partial charge in [-0.15, -0.1) is 0 Å². The van der Waals surface area contributed by atoms with Gasteiger partial charge in [0.25, 0.3) is 0 Å². The van der Waals surface area contributed by atoms with E-state index in [-0.39, 0.29) is 23.6 Å². The molecule has 1 amide bonds. The highest BCUT2D eigenvalue weighted by Crippen LogP contribution is 2.21. The Kier molecular flexibility index (Phi) is 8.00. The maximum absolute atomic E-state index is 12.2. The fourth-order valence-corrected chi connectivity index (χ4v) is 3.29. The van der Waals surface area contributed by atoms with Crippen LogP contribution in [0.1, 0.15) is 54.9 Å². The molecule has 1 aliphatic rings. The molecule has 0 saturated carbocycles. The quantitative estimate of drug-likeness (QED) is 0.546. The van der Waals surface area contributed by atoms with Crippen LogP contribution >= 0.6 is 0 Å². The zero-order valence-electron chi connectivity index (χ0n) is 15.8. The predicted molar refractivity (Wildman–Crippen MR) is 103 cm³/mol. The average molecular weight is 375 g/mol. The van der Waals surface area contributed by atoms with E-state index < -0.39 is 12.1 Å². The molecule has 6 nitrogen and oxygen atoms in total. The Morgan fingerprint density at radius 1 is 1.26 bits per heavy atom. The van der Waals surface area contributed by atoms with Gasteiger partial charge in [0.05, 0.1) is 23.8 Å². The SMILES string of the molecule is C[C@H](O)CCC[C@H](O)C=C[C@H]1CCC(=O)N1CCc1ccc(C(=O)O)cc1. The van der Waals surface area contributed by atoms with E-state index in [4.69, 9.17) is 5.11 Å². The molecule has 1 aromatic rings. The minimum Gasteiger partial charge on any atom is -0.478 e. The standard InChI is InChI=1S/C21H29NO5/c1-15(23)3-2-4-19(24)11-9-18-10-12-20(25)22(18)14-13-16-5-7-17(8-6-16)21(26)27/h5-9,11,15,18-19,23-24H,2-4,10,12-14H2,1H3,(H,26,27)/t15-,18-,19-/m0/s1. The molecule has 148 valence electrons. The second-order valence-electron chi connectivity index (χ2n) is 7.18. The van der Waals surface area contributed by atoms with Gasteiger partial charge < -0.3 is 20.2 Å².